The number of hydrogen-bond donors (Lipinski definition) is 1. The van der Waals surface area contributed by atoms with Crippen LogP contribution in [0.5, 0.6) is 0 Å². The number of aliphatic carboxylic acids is 1. The van der Waals surface area contributed by atoms with Crippen LogP contribution in [-0.4, -0.2) is 35.0 Å². The number of carbonyl (C=O) groups excluding carboxylic acids is 1. The third kappa shape index (κ3) is 2.64. The first-order chi connectivity index (χ1) is 11.1. The van der Waals surface area contributed by atoms with Crippen molar-refractivity contribution in [3.05, 3.63) is 34.3 Å². The topological polar surface area (TPSA) is 57.6 Å². The highest BCUT2D eigenvalue weighted by molar-refractivity contribution is 6.30. The number of amides is 1. The Morgan fingerprint density at radius 1 is 1.33 bits per heavy atom. The summed E-state index contributed by atoms with van der Waals surface area (Å²) in [6.45, 7) is 0.122. The maximum atomic E-state index is 13.2. The third-order valence-corrected chi connectivity index (χ3v) is 5.34. The second-order valence-electron chi connectivity index (χ2n) is 6.42. The minimum Gasteiger partial charge on any atom is -0.481 e. The Bertz CT molecular complexity index is 706. The van der Waals surface area contributed by atoms with Gasteiger partial charge in [0.05, 0.1) is 16.5 Å². The Morgan fingerprint density at radius 2 is 2.04 bits per heavy atom. The Hall–Kier alpha value is -1.76. The van der Waals surface area contributed by atoms with Crippen LogP contribution in [0.4, 0.5) is 13.2 Å². The van der Waals surface area contributed by atoms with Gasteiger partial charge in [0, 0.05) is 18.1 Å². The van der Waals surface area contributed by atoms with E-state index < -0.39 is 34.6 Å². The zero-order chi connectivity index (χ0) is 17.7. The van der Waals surface area contributed by atoms with Crippen molar-refractivity contribution in [2.24, 2.45) is 11.3 Å². The van der Waals surface area contributed by atoms with E-state index in [1.54, 1.807) is 0 Å². The molecule has 8 heteroatoms. The minimum atomic E-state index is -4.71. The number of carbonyl (C=O) groups is 2. The molecule has 3 rings (SSSR count). The molecule has 4 nitrogen and oxygen atoms in total. The number of likely N-dealkylation sites (tertiary alicyclic amines) is 1. The van der Waals surface area contributed by atoms with Gasteiger partial charge in [-0.05, 0) is 37.0 Å². The molecule has 130 valence electrons. The SMILES string of the molecule is O=C(c1ccc(Cl)cc1C(F)(F)F)N1C[C@@H]2CCC[C@@]2(C(=O)O)C1. The molecule has 1 saturated heterocycles. The molecule has 2 aliphatic rings. The van der Waals surface area contributed by atoms with E-state index in [0.29, 0.717) is 12.8 Å². The van der Waals surface area contributed by atoms with Crippen molar-refractivity contribution >= 4 is 23.5 Å². The number of hydrogen-bond acceptors (Lipinski definition) is 2. The summed E-state index contributed by atoms with van der Waals surface area (Å²) in [5, 5.41) is 9.42. The summed E-state index contributed by atoms with van der Waals surface area (Å²) in [4.78, 5) is 25.5. The van der Waals surface area contributed by atoms with E-state index >= 15 is 0 Å². The van der Waals surface area contributed by atoms with E-state index in [-0.39, 0.29) is 24.0 Å². The van der Waals surface area contributed by atoms with E-state index in [1.165, 1.54) is 11.0 Å². The lowest BCUT2D eigenvalue weighted by Crippen LogP contribution is -2.37. The van der Waals surface area contributed by atoms with Gasteiger partial charge in [-0.2, -0.15) is 13.2 Å². The van der Waals surface area contributed by atoms with Crippen LogP contribution in [0.1, 0.15) is 35.2 Å². The van der Waals surface area contributed by atoms with Gasteiger partial charge in [0.2, 0.25) is 0 Å². The lowest BCUT2D eigenvalue weighted by Gasteiger charge is -2.24. The summed E-state index contributed by atoms with van der Waals surface area (Å²) in [6, 6.07) is 3.00. The molecule has 0 spiro atoms. The number of benzene rings is 1. The highest BCUT2D eigenvalue weighted by Gasteiger charge is 2.56. The number of halogens is 4. The molecule has 1 N–H and O–H groups in total. The molecule has 1 aromatic carbocycles. The second kappa shape index (κ2) is 5.65. The van der Waals surface area contributed by atoms with Crippen LogP contribution >= 0.6 is 11.6 Å². The molecule has 1 aliphatic heterocycles. The molecule has 1 amide bonds. The second-order valence-corrected chi connectivity index (χ2v) is 6.86. The number of carboxylic acid groups (broad SMARTS) is 1. The van der Waals surface area contributed by atoms with E-state index in [1.807, 2.05) is 0 Å². The smallest absolute Gasteiger partial charge is 0.417 e. The van der Waals surface area contributed by atoms with Crippen molar-refractivity contribution in [2.45, 2.75) is 25.4 Å². The van der Waals surface area contributed by atoms with Gasteiger partial charge in [-0.15, -0.1) is 0 Å². The molecule has 1 saturated carbocycles. The Morgan fingerprint density at radius 3 is 2.62 bits per heavy atom. The molecule has 0 bridgehead atoms. The number of rotatable bonds is 2. The summed E-state index contributed by atoms with van der Waals surface area (Å²) in [7, 11) is 0. The Labute approximate surface area is 141 Å². The van der Waals surface area contributed by atoms with Gasteiger partial charge in [-0.3, -0.25) is 9.59 Å². The molecule has 2 fully saturated rings. The van der Waals surface area contributed by atoms with Gasteiger partial charge in [0.15, 0.2) is 0 Å². The first kappa shape index (κ1) is 17.1. The van der Waals surface area contributed by atoms with E-state index in [2.05, 4.69) is 0 Å². The Balaban J connectivity index is 1.93. The monoisotopic (exact) mass is 361 g/mol. The van der Waals surface area contributed by atoms with Crippen LogP contribution in [-0.2, 0) is 11.0 Å². The lowest BCUT2D eigenvalue weighted by molar-refractivity contribution is -0.149. The van der Waals surface area contributed by atoms with Crippen LogP contribution < -0.4 is 0 Å². The average molecular weight is 362 g/mol. The fraction of sp³-hybridized carbons (Fsp3) is 0.500. The molecule has 0 unspecified atom stereocenters. The van der Waals surface area contributed by atoms with Gasteiger partial charge in [0.1, 0.15) is 0 Å². The Kier molecular flexibility index (Phi) is 4.02. The molecule has 1 heterocycles. The first-order valence-corrected chi connectivity index (χ1v) is 7.92. The van der Waals surface area contributed by atoms with Gasteiger partial charge < -0.3 is 10.0 Å². The number of nitrogens with zero attached hydrogens (tertiary/aromatic N) is 1. The summed E-state index contributed by atoms with van der Waals surface area (Å²) >= 11 is 5.63. The number of alkyl halides is 3. The van der Waals surface area contributed by atoms with Crippen LogP contribution in [0.15, 0.2) is 18.2 Å². The quantitative estimate of drug-likeness (QED) is 0.874. The van der Waals surface area contributed by atoms with Crippen molar-refractivity contribution in [3.63, 3.8) is 0 Å². The summed E-state index contributed by atoms with van der Waals surface area (Å²) in [5.41, 5.74) is -2.62. The van der Waals surface area contributed by atoms with Gasteiger partial charge in [-0.1, -0.05) is 18.0 Å². The fourth-order valence-electron chi connectivity index (χ4n) is 3.90. The number of carboxylic acids is 1. The lowest BCUT2D eigenvalue weighted by atomic mass is 9.81. The molecule has 24 heavy (non-hydrogen) atoms. The van der Waals surface area contributed by atoms with Crippen LogP contribution in [0, 0.1) is 11.3 Å². The van der Waals surface area contributed by atoms with Crippen molar-refractivity contribution in [1.29, 1.82) is 0 Å². The van der Waals surface area contributed by atoms with Crippen molar-refractivity contribution in [1.82, 2.24) is 4.90 Å². The summed E-state index contributed by atoms with van der Waals surface area (Å²) < 4.78 is 39.6. The average Bonchev–Trinajstić information content (AvgIpc) is 3.03. The first-order valence-electron chi connectivity index (χ1n) is 7.54. The van der Waals surface area contributed by atoms with Crippen molar-refractivity contribution < 1.29 is 27.9 Å². The van der Waals surface area contributed by atoms with Crippen LogP contribution in [0.3, 0.4) is 0 Å². The normalized spacial score (nSPS) is 26.5. The van der Waals surface area contributed by atoms with Gasteiger partial charge >= 0.3 is 12.1 Å². The van der Waals surface area contributed by atoms with Crippen molar-refractivity contribution in [2.75, 3.05) is 13.1 Å². The minimum absolute atomic E-state index is 0.0498. The standard InChI is InChI=1S/C16H15ClF3NO3/c17-10-3-4-11(12(6-10)16(18,19)20)13(22)21-7-9-2-1-5-15(9,8-21)14(23)24/h3-4,6,9H,1-2,5,7-8H2,(H,23,24)/t9-,15+/m0/s1. The predicted octanol–water partition coefficient (Wildman–Crippen LogP) is 3.69. The van der Waals surface area contributed by atoms with E-state index in [4.69, 9.17) is 11.6 Å². The highest BCUT2D eigenvalue weighted by Crippen LogP contribution is 2.49. The molecule has 1 aliphatic carbocycles. The van der Waals surface area contributed by atoms with Crippen LogP contribution in [0.25, 0.3) is 0 Å². The molecule has 2 atom stereocenters. The van der Waals surface area contributed by atoms with Crippen molar-refractivity contribution in [3.8, 4) is 0 Å². The summed E-state index contributed by atoms with van der Waals surface area (Å²) in [5.74, 6) is -1.98. The molecular formula is C16H15ClF3NO3. The van der Waals surface area contributed by atoms with Gasteiger partial charge in [-0.25, -0.2) is 0 Å². The maximum absolute atomic E-state index is 13.2. The van der Waals surface area contributed by atoms with E-state index in [0.717, 1.165) is 18.6 Å². The maximum Gasteiger partial charge on any atom is 0.417 e. The zero-order valence-corrected chi connectivity index (χ0v) is 13.3. The molecule has 1 aromatic rings. The highest BCUT2D eigenvalue weighted by atomic mass is 35.5. The van der Waals surface area contributed by atoms with E-state index in [9.17, 15) is 27.9 Å². The number of fused-ring (bicyclic) bond motifs is 1. The fourth-order valence-corrected chi connectivity index (χ4v) is 4.07. The zero-order valence-electron chi connectivity index (χ0n) is 12.6. The predicted molar refractivity (Wildman–Crippen MR) is 79.8 cm³/mol. The van der Waals surface area contributed by atoms with Crippen LogP contribution in [0.2, 0.25) is 5.02 Å². The van der Waals surface area contributed by atoms with Gasteiger partial charge in [0.25, 0.3) is 5.91 Å². The third-order valence-electron chi connectivity index (χ3n) is 5.10. The molecule has 0 radical (unpaired) electrons. The molecule has 0 aromatic heterocycles. The summed E-state index contributed by atoms with van der Waals surface area (Å²) in [6.07, 6.45) is -2.84. The largest absolute Gasteiger partial charge is 0.481 e. The molecular weight excluding hydrogens is 347 g/mol.